The number of pyridine rings is 1. The maximum absolute atomic E-state index is 16.5. The number of piperazine rings is 1. The summed E-state index contributed by atoms with van der Waals surface area (Å²) >= 11 is 0. The molecule has 1 aliphatic carbocycles. The number of nitrogen functional groups attached to an aromatic ring is 1. The zero-order valence-corrected chi connectivity index (χ0v) is 22.6. The number of ether oxygens (including phenoxy) is 1. The van der Waals surface area contributed by atoms with Crippen molar-refractivity contribution in [1.29, 1.82) is 0 Å². The van der Waals surface area contributed by atoms with Gasteiger partial charge in [0.1, 0.15) is 29.9 Å². The molecule has 0 radical (unpaired) electrons. The van der Waals surface area contributed by atoms with Crippen molar-refractivity contribution in [2.24, 2.45) is 0 Å². The number of anilines is 2. The molecule has 5 aliphatic rings. The summed E-state index contributed by atoms with van der Waals surface area (Å²) in [5.74, 6) is 1.01. The van der Waals surface area contributed by atoms with Crippen LogP contribution in [-0.4, -0.2) is 76.4 Å². The van der Waals surface area contributed by atoms with Gasteiger partial charge >= 0.3 is 6.01 Å². The summed E-state index contributed by atoms with van der Waals surface area (Å²) in [6.45, 7) is 3.23. The van der Waals surface area contributed by atoms with Crippen LogP contribution in [0.5, 0.6) is 6.01 Å². The molecule has 8 rings (SSSR count). The summed E-state index contributed by atoms with van der Waals surface area (Å²) in [7, 11) is 0. The molecule has 4 saturated heterocycles. The van der Waals surface area contributed by atoms with Gasteiger partial charge in [-0.05, 0) is 74.8 Å². The Balaban J connectivity index is 1.22. The van der Waals surface area contributed by atoms with Crippen molar-refractivity contribution in [3.05, 3.63) is 35.6 Å². The van der Waals surface area contributed by atoms with Crippen molar-refractivity contribution in [2.45, 2.75) is 74.7 Å². The van der Waals surface area contributed by atoms with Crippen LogP contribution in [0.3, 0.4) is 0 Å². The number of hydrogen-bond donors (Lipinski definition) is 2. The fraction of sp³-hybridized carbons (Fsp3) is 0.567. The molecule has 40 heavy (non-hydrogen) atoms. The van der Waals surface area contributed by atoms with E-state index in [1.165, 1.54) is 0 Å². The molecule has 0 unspecified atom stereocenters. The molecule has 1 aromatic carbocycles. The standard InChI is InChI=1S/C30H35F2N7O/c31-18-12-30(10-1-11-39(30)13-18)16-40-29-36-27-23(28(37-29)38-14-19-4-5-20(15-38)34-19)7-6-22(25(27)32)26-21(17-2-3-17)8-9-24(33)35-26/h6-9,17-20,34H,1-5,10-16H2,(H2,33,35)/t18-,19-,20+,30+/m1/s1. The number of hydrogen-bond acceptors (Lipinski definition) is 8. The Bertz CT molecular complexity index is 1470. The topological polar surface area (TPSA) is 92.4 Å². The van der Waals surface area contributed by atoms with Gasteiger partial charge in [-0.1, -0.05) is 6.07 Å². The van der Waals surface area contributed by atoms with E-state index in [2.05, 4.69) is 25.1 Å². The largest absolute Gasteiger partial charge is 0.461 e. The third-order valence-electron chi connectivity index (χ3n) is 9.73. The second kappa shape index (κ2) is 9.21. The van der Waals surface area contributed by atoms with Gasteiger partial charge in [-0.3, -0.25) is 4.90 Å². The Kier molecular flexibility index (Phi) is 5.68. The first-order valence-corrected chi connectivity index (χ1v) is 14.8. The van der Waals surface area contributed by atoms with Gasteiger partial charge in [0.05, 0.1) is 11.2 Å². The second-order valence-corrected chi connectivity index (χ2v) is 12.5. The van der Waals surface area contributed by atoms with Crippen LogP contribution < -0.4 is 20.7 Å². The number of fused-ring (bicyclic) bond motifs is 4. The molecule has 4 atom stereocenters. The number of aromatic nitrogens is 3. The summed E-state index contributed by atoms with van der Waals surface area (Å²) < 4.78 is 37.2. The summed E-state index contributed by atoms with van der Waals surface area (Å²) in [6, 6.07) is 8.41. The first-order chi connectivity index (χ1) is 19.5. The van der Waals surface area contributed by atoms with Gasteiger partial charge in [-0.2, -0.15) is 9.97 Å². The van der Waals surface area contributed by atoms with E-state index in [1.54, 1.807) is 12.1 Å². The summed E-state index contributed by atoms with van der Waals surface area (Å²) in [5.41, 5.74) is 7.96. The second-order valence-electron chi connectivity index (χ2n) is 12.5. The Morgan fingerprint density at radius 3 is 2.65 bits per heavy atom. The maximum Gasteiger partial charge on any atom is 0.319 e. The van der Waals surface area contributed by atoms with Gasteiger partial charge in [0.2, 0.25) is 0 Å². The fourth-order valence-corrected chi connectivity index (χ4v) is 7.66. The van der Waals surface area contributed by atoms with E-state index in [9.17, 15) is 4.39 Å². The van der Waals surface area contributed by atoms with Crippen LogP contribution in [-0.2, 0) is 0 Å². The predicted molar refractivity (Wildman–Crippen MR) is 150 cm³/mol. The van der Waals surface area contributed by atoms with E-state index in [4.69, 9.17) is 15.5 Å². The third kappa shape index (κ3) is 4.10. The van der Waals surface area contributed by atoms with Crippen LogP contribution in [0.25, 0.3) is 22.2 Å². The number of rotatable bonds is 6. The molecular weight excluding hydrogens is 512 g/mol. The molecule has 210 valence electrons. The van der Waals surface area contributed by atoms with E-state index in [0.29, 0.717) is 65.9 Å². The lowest BCUT2D eigenvalue weighted by Gasteiger charge is -2.34. The molecule has 1 saturated carbocycles. The first-order valence-electron chi connectivity index (χ1n) is 14.8. The van der Waals surface area contributed by atoms with Gasteiger partial charge in [-0.15, -0.1) is 0 Å². The SMILES string of the molecule is Nc1ccc(C2CC2)c(-c2ccc3c(N4C[C@H]5CC[C@@H](C4)N5)nc(OC[C@@]45CCCN4C[C@H](F)C5)nc3c2F)n1. The molecule has 4 aliphatic heterocycles. The lowest BCUT2D eigenvalue weighted by atomic mass is 9.95. The normalized spacial score (nSPS) is 29.9. The fourth-order valence-electron chi connectivity index (χ4n) is 7.66. The van der Waals surface area contributed by atoms with E-state index < -0.39 is 12.0 Å². The minimum Gasteiger partial charge on any atom is -0.461 e. The quantitative estimate of drug-likeness (QED) is 0.475. The maximum atomic E-state index is 16.5. The zero-order valence-electron chi connectivity index (χ0n) is 22.6. The van der Waals surface area contributed by atoms with Crippen molar-refractivity contribution < 1.29 is 13.5 Å². The molecule has 6 heterocycles. The van der Waals surface area contributed by atoms with Crippen molar-refractivity contribution in [1.82, 2.24) is 25.2 Å². The highest BCUT2D eigenvalue weighted by molar-refractivity contribution is 5.93. The average molecular weight is 548 g/mol. The van der Waals surface area contributed by atoms with Crippen LogP contribution in [0.2, 0.25) is 0 Å². The lowest BCUT2D eigenvalue weighted by molar-refractivity contribution is 0.107. The van der Waals surface area contributed by atoms with Crippen LogP contribution in [0.1, 0.15) is 56.4 Å². The number of halogens is 2. The van der Waals surface area contributed by atoms with Crippen LogP contribution >= 0.6 is 0 Å². The molecule has 0 spiro atoms. The number of nitrogens with zero attached hydrogens (tertiary/aromatic N) is 5. The van der Waals surface area contributed by atoms with Crippen LogP contribution in [0, 0.1) is 5.82 Å². The van der Waals surface area contributed by atoms with Crippen molar-refractivity contribution >= 4 is 22.5 Å². The van der Waals surface area contributed by atoms with Gasteiger partial charge in [0.15, 0.2) is 5.82 Å². The monoisotopic (exact) mass is 547 g/mol. The highest BCUT2D eigenvalue weighted by atomic mass is 19.1. The van der Waals surface area contributed by atoms with Gasteiger partial charge in [-0.25, -0.2) is 13.8 Å². The Morgan fingerprint density at radius 2 is 1.85 bits per heavy atom. The number of alkyl halides is 1. The lowest BCUT2D eigenvalue weighted by Crippen LogP contribution is -2.51. The van der Waals surface area contributed by atoms with Gasteiger partial charge < -0.3 is 20.7 Å². The molecule has 3 N–H and O–H groups in total. The van der Waals surface area contributed by atoms with Crippen molar-refractivity contribution in [3.63, 3.8) is 0 Å². The summed E-state index contributed by atoms with van der Waals surface area (Å²) in [6.07, 6.45) is 5.91. The predicted octanol–water partition coefficient (Wildman–Crippen LogP) is 4.19. The Labute approximate surface area is 232 Å². The number of nitrogens with two attached hydrogens (primary N) is 1. The summed E-state index contributed by atoms with van der Waals surface area (Å²) in [5, 5.41) is 4.33. The van der Waals surface area contributed by atoms with E-state index >= 15 is 4.39 Å². The molecular formula is C30H35F2N7O. The van der Waals surface area contributed by atoms with E-state index in [1.807, 2.05) is 12.1 Å². The number of nitrogens with one attached hydrogen (secondary N) is 1. The Hall–Kier alpha value is -3.11. The van der Waals surface area contributed by atoms with Crippen LogP contribution in [0.15, 0.2) is 24.3 Å². The van der Waals surface area contributed by atoms with Gasteiger partial charge in [0.25, 0.3) is 0 Å². The zero-order chi connectivity index (χ0) is 27.0. The van der Waals surface area contributed by atoms with E-state index in [0.717, 1.165) is 63.7 Å². The summed E-state index contributed by atoms with van der Waals surface area (Å²) in [4.78, 5) is 18.5. The average Bonchev–Trinajstić information content (AvgIpc) is 3.54. The number of benzene rings is 1. The molecule has 2 bridgehead atoms. The van der Waals surface area contributed by atoms with E-state index in [-0.39, 0.29) is 17.1 Å². The molecule has 10 heteroatoms. The smallest absolute Gasteiger partial charge is 0.319 e. The highest BCUT2D eigenvalue weighted by Crippen LogP contribution is 2.45. The minimum absolute atomic E-state index is 0.149. The molecule has 0 amide bonds. The third-order valence-corrected chi connectivity index (χ3v) is 9.73. The Morgan fingerprint density at radius 1 is 1.02 bits per heavy atom. The van der Waals surface area contributed by atoms with Crippen molar-refractivity contribution in [2.75, 3.05) is 43.4 Å². The van der Waals surface area contributed by atoms with Crippen LogP contribution in [0.4, 0.5) is 20.4 Å². The molecule has 2 aromatic heterocycles. The minimum atomic E-state index is -0.847. The molecule has 8 nitrogen and oxygen atoms in total. The van der Waals surface area contributed by atoms with Crippen molar-refractivity contribution in [3.8, 4) is 17.3 Å². The molecule has 3 aromatic rings. The molecule has 5 fully saturated rings. The van der Waals surface area contributed by atoms with Gasteiger partial charge in [0, 0.05) is 49.1 Å². The highest BCUT2D eigenvalue weighted by Gasteiger charge is 2.49. The first kappa shape index (κ1) is 24.7.